The minimum atomic E-state index is -0.0667. The molecule has 11 aromatic rings. The highest BCUT2D eigenvalue weighted by molar-refractivity contribution is 6.23. The molecule has 0 N–H and O–H groups in total. The Labute approximate surface area is 344 Å². The third kappa shape index (κ3) is 5.16. The van der Waals surface area contributed by atoms with Gasteiger partial charge in [-0.15, -0.1) is 0 Å². The summed E-state index contributed by atoms with van der Waals surface area (Å²) in [7, 11) is 0. The van der Waals surface area contributed by atoms with Crippen molar-refractivity contribution in [3.63, 3.8) is 0 Å². The fourth-order valence-corrected chi connectivity index (χ4v) is 10.3. The van der Waals surface area contributed by atoms with Crippen LogP contribution in [0, 0.1) is 0 Å². The molecule has 0 heterocycles. The summed E-state index contributed by atoms with van der Waals surface area (Å²) >= 11 is 0. The molecule has 0 unspecified atom stereocenters. The average molecular weight is 749 g/mol. The lowest BCUT2D eigenvalue weighted by Gasteiger charge is -2.22. The van der Waals surface area contributed by atoms with Gasteiger partial charge >= 0.3 is 0 Å². The molecule has 0 saturated carbocycles. The molecular formula is C59H40. The van der Waals surface area contributed by atoms with E-state index in [1.165, 1.54) is 121 Å². The Balaban J connectivity index is 1.13. The number of hydrogen-bond donors (Lipinski definition) is 0. The first-order valence-corrected chi connectivity index (χ1v) is 20.7. The van der Waals surface area contributed by atoms with Gasteiger partial charge in [-0.05, 0) is 151 Å². The standard InChI is InChI=1S/C59H40/c1-59(2)55-23-12-11-20-48(55)49-29-24-42(36-56(49)59)41-25-30-50-53(34-41)58(38-16-7-4-8-17-38)54-35-44(27-31-51(54)57(50)37-14-5-3-6-15-37)45-21-13-22-46-47(45)28-26-43-32-39-18-9-10-19-40(39)33-52(43)46/h3-36H,1-2H3. The topological polar surface area (TPSA) is 0 Å². The van der Waals surface area contributed by atoms with Gasteiger partial charge in [0.2, 0.25) is 0 Å². The molecule has 12 rings (SSSR count). The molecule has 59 heavy (non-hydrogen) atoms. The van der Waals surface area contributed by atoms with Crippen LogP contribution in [-0.4, -0.2) is 0 Å². The minimum Gasteiger partial charge on any atom is -0.0622 e. The van der Waals surface area contributed by atoms with Crippen LogP contribution in [0.15, 0.2) is 206 Å². The van der Waals surface area contributed by atoms with Crippen LogP contribution in [0.5, 0.6) is 0 Å². The van der Waals surface area contributed by atoms with Crippen LogP contribution in [0.25, 0.3) is 109 Å². The summed E-state index contributed by atoms with van der Waals surface area (Å²) in [5, 5.41) is 12.7. The quantitative estimate of drug-likeness (QED) is 0.124. The maximum Gasteiger partial charge on any atom is 0.0159 e. The summed E-state index contributed by atoms with van der Waals surface area (Å²) in [5.41, 5.74) is 15.4. The number of hydrogen-bond acceptors (Lipinski definition) is 0. The van der Waals surface area contributed by atoms with Gasteiger partial charge in [-0.1, -0.05) is 190 Å². The predicted octanol–water partition coefficient (Wildman–Crippen LogP) is 16.4. The van der Waals surface area contributed by atoms with Crippen LogP contribution in [0.3, 0.4) is 0 Å². The lowest BCUT2D eigenvalue weighted by atomic mass is 9.81. The fraction of sp³-hybridized carbons (Fsp3) is 0.0508. The summed E-state index contributed by atoms with van der Waals surface area (Å²) in [5.74, 6) is 0. The molecule has 276 valence electrons. The molecule has 0 nitrogen and oxygen atoms in total. The first-order chi connectivity index (χ1) is 29.0. The Morgan fingerprint density at radius 1 is 0.254 bits per heavy atom. The smallest absolute Gasteiger partial charge is 0.0159 e. The van der Waals surface area contributed by atoms with Crippen molar-refractivity contribution in [1.29, 1.82) is 0 Å². The molecule has 1 aliphatic rings. The molecule has 0 aliphatic heterocycles. The van der Waals surface area contributed by atoms with E-state index in [0.717, 1.165) is 0 Å². The molecule has 0 radical (unpaired) electrons. The van der Waals surface area contributed by atoms with E-state index in [1.54, 1.807) is 0 Å². The lowest BCUT2D eigenvalue weighted by Crippen LogP contribution is -2.14. The lowest BCUT2D eigenvalue weighted by molar-refractivity contribution is 0.660. The van der Waals surface area contributed by atoms with Crippen LogP contribution >= 0.6 is 0 Å². The molecule has 1 aliphatic carbocycles. The molecule has 0 spiro atoms. The van der Waals surface area contributed by atoms with Gasteiger partial charge in [0.1, 0.15) is 0 Å². The summed E-state index contributed by atoms with van der Waals surface area (Å²) in [6.07, 6.45) is 0. The normalized spacial score (nSPS) is 13.1. The molecule has 0 aromatic heterocycles. The van der Waals surface area contributed by atoms with E-state index in [1.807, 2.05) is 0 Å². The van der Waals surface area contributed by atoms with Crippen LogP contribution in [0.2, 0.25) is 0 Å². The van der Waals surface area contributed by atoms with Gasteiger partial charge in [-0.2, -0.15) is 0 Å². The van der Waals surface area contributed by atoms with E-state index < -0.39 is 0 Å². The summed E-state index contributed by atoms with van der Waals surface area (Å²) in [4.78, 5) is 0. The van der Waals surface area contributed by atoms with Gasteiger partial charge < -0.3 is 0 Å². The first kappa shape index (κ1) is 33.8. The summed E-state index contributed by atoms with van der Waals surface area (Å²) in [6, 6.07) is 77.1. The van der Waals surface area contributed by atoms with Crippen molar-refractivity contribution in [2.24, 2.45) is 0 Å². The number of fused-ring (bicyclic) bond motifs is 9. The molecule has 0 atom stereocenters. The van der Waals surface area contributed by atoms with E-state index in [9.17, 15) is 0 Å². The van der Waals surface area contributed by atoms with Crippen molar-refractivity contribution >= 4 is 53.9 Å². The van der Waals surface area contributed by atoms with Gasteiger partial charge in [0.15, 0.2) is 0 Å². The average Bonchev–Trinajstić information content (AvgIpc) is 3.52. The Morgan fingerprint density at radius 3 is 1.54 bits per heavy atom. The van der Waals surface area contributed by atoms with E-state index in [2.05, 4.69) is 220 Å². The zero-order chi connectivity index (χ0) is 39.2. The highest BCUT2D eigenvalue weighted by atomic mass is 14.4. The molecule has 0 amide bonds. The van der Waals surface area contributed by atoms with Crippen molar-refractivity contribution in [2.75, 3.05) is 0 Å². The Bertz CT molecular complexity index is 3500. The maximum absolute atomic E-state index is 2.46. The third-order valence-electron chi connectivity index (χ3n) is 13.2. The van der Waals surface area contributed by atoms with E-state index in [0.29, 0.717) is 0 Å². The third-order valence-corrected chi connectivity index (χ3v) is 13.2. The summed E-state index contributed by atoms with van der Waals surface area (Å²) in [6.45, 7) is 4.73. The van der Waals surface area contributed by atoms with Gasteiger partial charge in [-0.25, -0.2) is 0 Å². The second-order valence-electron chi connectivity index (χ2n) is 16.8. The molecular weight excluding hydrogens is 709 g/mol. The maximum atomic E-state index is 2.46. The SMILES string of the molecule is CC1(C)c2ccccc2-c2ccc(-c3ccc4c(-c5ccccc5)c5ccc(-c6cccc7c6ccc6cc8ccccc8cc67)cc5c(-c5ccccc5)c4c3)cc21. The Morgan fingerprint density at radius 2 is 0.797 bits per heavy atom. The minimum absolute atomic E-state index is 0.0667. The second kappa shape index (κ2) is 12.9. The molecule has 0 fully saturated rings. The van der Waals surface area contributed by atoms with Crippen molar-refractivity contribution in [2.45, 2.75) is 19.3 Å². The van der Waals surface area contributed by atoms with Crippen molar-refractivity contribution in [1.82, 2.24) is 0 Å². The fourth-order valence-electron chi connectivity index (χ4n) is 10.3. The van der Waals surface area contributed by atoms with Crippen LogP contribution in [0.1, 0.15) is 25.0 Å². The number of benzene rings is 11. The van der Waals surface area contributed by atoms with Crippen molar-refractivity contribution in [3.8, 4) is 55.6 Å². The Hall–Kier alpha value is -7.28. The molecule has 0 heteroatoms. The van der Waals surface area contributed by atoms with E-state index in [4.69, 9.17) is 0 Å². The van der Waals surface area contributed by atoms with Gasteiger partial charge in [0, 0.05) is 5.41 Å². The molecule has 11 aromatic carbocycles. The van der Waals surface area contributed by atoms with E-state index >= 15 is 0 Å². The predicted molar refractivity (Wildman–Crippen MR) is 253 cm³/mol. The highest BCUT2D eigenvalue weighted by Crippen LogP contribution is 2.51. The first-order valence-electron chi connectivity index (χ1n) is 20.7. The van der Waals surface area contributed by atoms with Crippen LogP contribution < -0.4 is 0 Å². The van der Waals surface area contributed by atoms with Crippen molar-refractivity contribution < 1.29 is 0 Å². The van der Waals surface area contributed by atoms with E-state index in [-0.39, 0.29) is 5.41 Å². The monoisotopic (exact) mass is 748 g/mol. The molecule has 0 saturated heterocycles. The number of rotatable bonds is 4. The van der Waals surface area contributed by atoms with Gasteiger partial charge in [-0.3, -0.25) is 0 Å². The van der Waals surface area contributed by atoms with Crippen LogP contribution in [-0.2, 0) is 5.41 Å². The zero-order valence-electron chi connectivity index (χ0n) is 33.1. The molecule has 0 bridgehead atoms. The zero-order valence-corrected chi connectivity index (χ0v) is 33.1. The van der Waals surface area contributed by atoms with Gasteiger partial charge in [0.05, 0.1) is 0 Å². The Kier molecular flexibility index (Phi) is 7.38. The summed E-state index contributed by atoms with van der Waals surface area (Å²) < 4.78 is 0. The largest absolute Gasteiger partial charge is 0.0622 e. The van der Waals surface area contributed by atoms with Gasteiger partial charge in [0.25, 0.3) is 0 Å². The highest BCUT2D eigenvalue weighted by Gasteiger charge is 2.35. The van der Waals surface area contributed by atoms with Crippen molar-refractivity contribution in [3.05, 3.63) is 217 Å². The van der Waals surface area contributed by atoms with Crippen LogP contribution in [0.4, 0.5) is 0 Å². The second-order valence-corrected chi connectivity index (χ2v) is 16.8.